The monoisotopic (exact) mass is 386 g/mol. The Labute approximate surface area is 164 Å². The highest BCUT2D eigenvalue weighted by molar-refractivity contribution is 7.12. The molecular formula is C21H26N2O3S. The Hall–Kier alpha value is -2.02. The standard InChI is InChI=1S/C21H26N2O3S/c1-16-4-6-17(7-5-16)18(15-23-10-12-26-13-11-23)22-21(25)9-8-19(24)20-3-2-14-27-20/h2-7,14,18H,8-13,15H2,1H3,(H,22,25)/t18-/m1/s1. The molecule has 0 radical (unpaired) electrons. The minimum atomic E-state index is -0.0898. The Morgan fingerprint density at radius 1 is 1.15 bits per heavy atom. The fourth-order valence-corrected chi connectivity index (χ4v) is 3.82. The van der Waals surface area contributed by atoms with Crippen molar-refractivity contribution in [2.75, 3.05) is 32.8 Å². The predicted molar refractivity (Wildman–Crippen MR) is 107 cm³/mol. The first-order chi connectivity index (χ1) is 13.1. The van der Waals surface area contributed by atoms with Crippen LogP contribution in [0.1, 0.15) is 39.7 Å². The Bertz CT molecular complexity index is 737. The minimum absolute atomic E-state index is 0.0280. The number of thiophene rings is 1. The summed E-state index contributed by atoms with van der Waals surface area (Å²) in [6.45, 7) is 5.99. The van der Waals surface area contributed by atoms with Crippen molar-refractivity contribution >= 4 is 23.0 Å². The number of ketones is 1. The van der Waals surface area contributed by atoms with Crippen LogP contribution in [0.15, 0.2) is 41.8 Å². The second kappa shape index (κ2) is 9.78. The molecular weight excluding hydrogens is 360 g/mol. The molecule has 0 aliphatic carbocycles. The van der Waals surface area contributed by atoms with E-state index in [-0.39, 0.29) is 30.6 Å². The van der Waals surface area contributed by atoms with Gasteiger partial charge in [-0.2, -0.15) is 0 Å². The average Bonchev–Trinajstić information content (AvgIpc) is 3.22. The lowest BCUT2D eigenvalue weighted by Crippen LogP contribution is -2.43. The van der Waals surface area contributed by atoms with E-state index in [2.05, 4.69) is 41.4 Å². The van der Waals surface area contributed by atoms with Gasteiger partial charge in [-0.3, -0.25) is 14.5 Å². The van der Waals surface area contributed by atoms with Crippen molar-refractivity contribution in [3.8, 4) is 0 Å². The van der Waals surface area contributed by atoms with Gasteiger partial charge in [0.05, 0.1) is 24.1 Å². The second-order valence-corrected chi connectivity index (χ2v) is 7.79. The number of carbonyl (C=O) groups is 2. The first-order valence-electron chi connectivity index (χ1n) is 9.34. The predicted octanol–water partition coefficient (Wildman–Crippen LogP) is 3.21. The van der Waals surface area contributed by atoms with E-state index < -0.39 is 0 Å². The normalized spacial score (nSPS) is 16.0. The molecule has 0 spiro atoms. The molecule has 0 saturated carbocycles. The third kappa shape index (κ3) is 5.99. The van der Waals surface area contributed by atoms with Gasteiger partial charge in [-0.15, -0.1) is 11.3 Å². The number of ether oxygens (including phenoxy) is 1. The molecule has 1 aromatic carbocycles. The van der Waals surface area contributed by atoms with Crippen molar-refractivity contribution in [2.24, 2.45) is 0 Å². The number of morpholine rings is 1. The Morgan fingerprint density at radius 2 is 1.89 bits per heavy atom. The lowest BCUT2D eigenvalue weighted by atomic mass is 10.0. The first kappa shape index (κ1) is 19.7. The number of benzene rings is 1. The van der Waals surface area contributed by atoms with Gasteiger partial charge in [-0.25, -0.2) is 0 Å². The molecule has 1 aliphatic rings. The number of rotatable bonds is 8. The number of nitrogens with one attached hydrogen (secondary N) is 1. The third-order valence-corrected chi connectivity index (χ3v) is 5.65. The molecule has 2 heterocycles. The van der Waals surface area contributed by atoms with Crippen molar-refractivity contribution in [2.45, 2.75) is 25.8 Å². The van der Waals surface area contributed by atoms with Gasteiger partial charge in [0.15, 0.2) is 5.78 Å². The fraction of sp³-hybridized carbons (Fsp3) is 0.429. The highest BCUT2D eigenvalue weighted by Gasteiger charge is 2.20. The summed E-state index contributed by atoms with van der Waals surface area (Å²) in [5.74, 6) is -0.0565. The van der Waals surface area contributed by atoms with E-state index in [0.29, 0.717) is 4.88 Å². The molecule has 0 bridgehead atoms. The van der Waals surface area contributed by atoms with Crippen molar-refractivity contribution in [1.29, 1.82) is 0 Å². The zero-order valence-corrected chi connectivity index (χ0v) is 16.5. The van der Waals surface area contributed by atoms with E-state index >= 15 is 0 Å². The Kier molecular flexibility index (Phi) is 7.15. The molecule has 1 saturated heterocycles. The quantitative estimate of drug-likeness (QED) is 0.708. The SMILES string of the molecule is Cc1ccc([C@@H](CN2CCOCC2)NC(=O)CCC(=O)c2cccs2)cc1. The molecule has 1 amide bonds. The van der Waals surface area contributed by atoms with E-state index in [0.717, 1.165) is 38.4 Å². The summed E-state index contributed by atoms with van der Waals surface area (Å²) < 4.78 is 5.42. The second-order valence-electron chi connectivity index (χ2n) is 6.84. The topological polar surface area (TPSA) is 58.6 Å². The summed E-state index contributed by atoms with van der Waals surface area (Å²) in [6.07, 6.45) is 0.451. The smallest absolute Gasteiger partial charge is 0.220 e. The lowest BCUT2D eigenvalue weighted by molar-refractivity contribution is -0.122. The summed E-state index contributed by atoms with van der Waals surface area (Å²) in [6, 6.07) is 11.8. The molecule has 144 valence electrons. The van der Waals surface area contributed by atoms with E-state index in [9.17, 15) is 9.59 Å². The summed E-state index contributed by atoms with van der Waals surface area (Å²) in [4.78, 5) is 27.7. The summed E-state index contributed by atoms with van der Waals surface area (Å²) >= 11 is 1.42. The number of carbonyl (C=O) groups excluding carboxylic acids is 2. The van der Waals surface area contributed by atoms with Gasteiger partial charge in [0, 0.05) is 32.5 Å². The molecule has 3 rings (SSSR count). The molecule has 2 aromatic rings. The minimum Gasteiger partial charge on any atom is -0.379 e. The van der Waals surface area contributed by atoms with Crippen LogP contribution in [0.2, 0.25) is 0 Å². The van der Waals surface area contributed by atoms with E-state index in [1.54, 1.807) is 6.07 Å². The van der Waals surface area contributed by atoms with Gasteiger partial charge < -0.3 is 10.1 Å². The summed E-state index contributed by atoms with van der Waals surface area (Å²) in [7, 11) is 0. The van der Waals surface area contributed by atoms with Crippen molar-refractivity contribution in [3.05, 3.63) is 57.8 Å². The number of hydrogen-bond acceptors (Lipinski definition) is 5. The molecule has 27 heavy (non-hydrogen) atoms. The zero-order valence-electron chi connectivity index (χ0n) is 15.6. The van der Waals surface area contributed by atoms with Crippen LogP contribution >= 0.6 is 11.3 Å². The lowest BCUT2D eigenvalue weighted by Gasteiger charge is -2.31. The highest BCUT2D eigenvalue weighted by atomic mass is 32.1. The van der Waals surface area contributed by atoms with Crippen molar-refractivity contribution in [3.63, 3.8) is 0 Å². The number of Topliss-reactive ketones (excluding diaryl/α,β-unsaturated/α-hetero) is 1. The average molecular weight is 387 g/mol. The molecule has 1 atom stereocenters. The van der Waals surface area contributed by atoms with Gasteiger partial charge in [0.25, 0.3) is 0 Å². The van der Waals surface area contributed by atoms with Gasteiger partial charge in [0.1, 0.15) is 0 Å². The van der Waals surface area contributed by atoms with E-state index in [4.69, 9.17) is 4.74 Å². The van der Waals surface area contributed by atoms with Gasteiger partial charge >= 0.3 is 0 Å². The molecule has 1 aliphatic heterocycles. The summed E-state index contributed by atoms with van der Waals surface area (Å²) in [5, 5.41) is 5.01. The molecule has 6 heteroatoms. The third-order valence-electron chi connectivity index (χ3n) is 4.73. The largest absolute Gasteiger partial charge is 0.379 e. The first-order valence-corrected chi connectivity index (χ1v) is 10.2. The fourth-order valence-electron chi connectivity index (χ4n) is 3.13. The van der Waals surface area contributed by atoms with Gasteiger partial charge in [-0.05, 0) is 23.9 Å². The van der Waals surface area contributed by atoms with Crippen LogP contribution in [-0.4, -0.2) is 49.4 Å². The van der Waals surface area contributed by atoms with Crippen LogP contribution < -0.4 is 5.32 Å². The van der Waals surface area contributed by atoms with Crippen molar-refractivity contribution in [1.82, 2.24) is 10.2 Å². The zero-order chi connectivity index (χ0) is 19.1. The van der Waals surface area contributed by atoms with Crippen LogP contribution in [0, 0.1) is 6.92 Å². The molecule has 1 fully saturated rings. The highest BCUT2D eigenvalue weighted by Crippen LogP contribution is 2.18. The Balaban J connectivity index is 1.60. The van der Waals surface area contributed by atoms with E-state index in [1.165, 1.54) is 16.9 Å². The number of amides is 1. The van der Waals surface area contributed by atoms with Gasteiger partial charge in [-0.1, -0.05) is 35.9 Å². The maximum Gasteiger partial charge on any atom is 0.220 e. The maximum absolute atomic E-state index is 12.5. The Morgan fingerprint density at radius 3 is 2.56 bits per heavy atom. The van der Waals surface area contributed by atoms with Crippen LogP contribution in [0.5, 0.6) is 0 Å². The van der Waals surface area contributed by atoms with Crippen LogP contribution in [0.25, 0.3) is 0 Å². The van der Waals surface area contributed by atoms with Crippen LogP contribution in [-0.2, 0) is 9.53 Å². The van der Waals surface area contributed by atoms with Gasteiger partial charge in [0.2, 0.25) is 5.91 Å². The van der Waals surface area contributed by atoms with Crippen LogP contribution in [0.3, 0.4) is 0 Å². The number of nitrogens with zero attached hydrogens (tertiary/aromatic N) is 1. The molecule has 5 nitrogen and oxygen atoms in total. The van der Waals surface area contributed by atoms with Crippen molar-refractivity contribution < 1.29 is 14.3 Å². The maximum atomic E-state index is 12.5. The molecule has 0 unspecified atom stereocenters. The van der Waals surface area contributed by atoms with E-state index in [1.807, 2.05) is 11.4 Å². The number of aryl methyl sites for hydroxylation is 1. The number of hydrogen-bond donors (Lipinski definition) is 1. The van der Waals surface area contributed by atoms with Crippen LogP contribution in [0.4, 0.5) is 0 Å². The molecule has 1 aromatic heterocycles. The molecule has 1 N–H and O–H groups in total. The summed E-state index contributed by atoms with van der Waals surface area (Å²) in [5.41, 5.74) is 2.28.